The molecule has 0 radical (unpaired) electrons. The number of nitrogen functional groups attached to an aromatic ring is 1. The van der Waals surface area contributed by atoms with Crippen molar-refractivity contribution in [3.63, 3.8) is 0 Å². The molecular formula is C35H37FN6O4S. The van der Waals surface area contributed by atoms with Crippen LogP contribution in [0.4, 0.5) is 15.8 Å². The fourth-order valence-electron chi connectivity index (χ4n) is 6.35. The van der Waals surface area contributed by atoms with Gasteiger partial charge < -0.3 is 30.7 Å². The molecule has 4 aromatic rings. The fraction of sp³-hybridized carbons (Fsp3) is 0.314. The quantitative estimate of drug-likeness (QED) is 0.245. The highest BCUT2D eigenvalue weighted by atomic mass is 32.1. The molecule has 3 aromatic carbocycles. The Hall–Kier alpha value is -4.81. The Morgan fingerprint density at radius 1 is 1.00 bits per heavy atom. The van der Waals surface area contributed by atoms with Gasteiger partial charge in [0.2, 0.25) is 11.8 Å². The van der Waals surface area contributed by atoms with Gasteiger partial charge in [-0.3, -0.25) is 14.2 Å². The number of para-hydroxylation sites is 1. The van der Waals surface area contributed by atoms with Crippen LogP contribution in [-0.2, 0) is 11.3 Å². The van der Waals surface area contributed by atoms with Gasteiger partial charge in [-0.1, -0.05) is 48.5 Å². The average Bonchev–Trinajstić information content (AvgIpc) is 3.09. The predicted octanol–water partition coefficient (Wildman–Crippen LogP) is 4.61. The van der Waals surface area contributed by atoms with Crippen LogP contribution in [0.3, 0.4) is 0 Å². The maximum atomic E-state index is 14.0. The minimum atomic E-state index is -1.23. The summed E-state index contributed by atoms with van der Waals surface area (Å²) in [7, 11) is 0. The van der Waals surface area contributed by atoms with Crippen molar-refractivity contribution >= 4 is 34.6 Å². The topological polar surface area (TPSA) is 126 Å². The van der Waals surface area contributed by atoms with Gasteiger partial charge in [0.25, 0.3) is 5.56 Å². The smallest absolute Gasteiger partial charge is 0.280 e. The first kappa shape index (κ1) is 32.1. The second-order valence-electron chi connectivity index (χ2n) is 12.2. The Kier molecular flexibility index (Phi) is 9.50. The molecule has 0 unspecified atom stereocenters. The summed E-state index contributed by atoms with van der Waals surface area (Å²) >= 11 is 5.76. The number of rotatable bonds is 7. The molecule has 10 nitrogen and oxygen atoms in total. The molecule has 0 saturated carbocycles. The number of likely N-dealkylation sites (tertiary alicyclic amines) is 2. The van der Waals surface area contributed by atoms with Crippen LogP contribution in [0.5, 0.6) is 11.6 Å². The molecule has 47 heavy (non-hydrogen) atoms. The summed E-state index contributed by atoms with van der Waals surface area (Å²) in [4.78, 5) is 35.2. The van der Waals surface area contributed by atoms with E-state index < -0.39 is 17.0 Å². The number of halogens is 1. The largest absolute Gasteiger partial charge is 0.437 e. The molecule has 244 valence electrons. The third-order valence-electron chi connectivity index (χ3n) is 9.00. The third-order valence-corrected chi connectivity index (χ3v) is 9.36. The minimum Gasteiger partial charge on any atom is -0.437 e. The summed E-state index contributed by atoms with van der Waals surface area (Å²) in [6, 6.07) is 25.1. The number of aromatic nitrogens is 2. The van der Waals surface area contributed by atoms with Crippen LogP contribution in [0, 0.1) is 11.7 Å². The predicted molar refractivity (Wildman–Crippen MR) is 182 cm³/mol. The van der Waals surface area contributed by atoms with Crippen molar-refractivity contribution in [2.45, 2.75) is 37.3 Å². The Morgan fingerprint density at radius 2 is 1.66 bits per heavy atom. The number of piperidine rings is 2. The molecular weight excluding hydrogens is 619 g/mol. The summed E-state index contributed by atoms with van der Waals surface area (Å²) < 4.78 is 20.1. The highest BCUT2D eigenvalue weighted by Crippen LogP contribution is 2.36. The standard InChI is InChI=1S/C35H37FN6O4S/c36-25-11-13-27(14-12-25)46-31-30(37)33(44)42(23-38-31)22-35(45)16-19-40(20-17-35)32(43)28-15-18-41(21-29(28)24-7-3-1-4-8-24)34(47)39-26-9-5-2-6-10-26/h1-14,23,28-29,45H,15-22,37H2,(H,39,47)/t28-,29+/m1/s1. The van der Waals surface area contributed by atoms with E-state index in [1.807, 2.05) is 53.4 Å². The summed E-state index contributed by atoms with van der Waals surface area (Å²) in [5.41, 5.74) is 6.04. The lowest BCUT2D eigenvalue weighted by Gasteiger charge is -2.43. The lowest BCUT2D eigenvalue weighted by Crippen LogP contribution is -2.53. The number of carbonyl (C=O) groups is 1. The molecule has 6 rings (SSSR count). The minimum absolute atomic E-state index is 0.0290. The van der Waals surface area contributed by atoms with E-state index in [4.69, 9.17) is 22.7 Å². The lowest BCUT2D eigenvalue weighted by atomic mass is 9.79. The van der Waals surface area contributed by atoms with E-state index in [2.05, 4.69) is 27.3 Å². The van der Waals surface area contributed by atoms with Gasteiger partial charge >= 0.3 is 0 Å². The first-order valence-corrected chi connectivity index (χ1v) is 16.1. The molecule has 1 aromatic heterocycles. The second kappa shape index (κ2) is 13.9. The van der Waals surface area contributed by atoms with Gasteiger partial charge in [-0.05, 0) is 73.4 Å². The van der Waals surface area contributed by atoms with E-state index in [-0.39, 0.29) is 41.6 Å². The summed E-state index contributed by atoms with van der Waals surface area (Å²) in [6.07, 6.45) is 2.50. The van der Waals surface area contributed by atoms with E-state index >= 15 is 0 Å². The molecule has 3 heterocycles. The highest BCUT2D eigenvalue weighted by molar-refractivity contribution is 7.80. The maximum absolute atomic E-state index is 14.0. The normalized spacial score (nSPS) is 19.2. The van der Waals surface area contributed by atoms with E-state index in [0.717, 1.165) is 11.3 Å². The van der Waals surface area contributed by atoms with Gasteiger partial charge in [0.1, 0.15) is 17.9 Å². The zero-order chi connectivity index (χ0) is 33.0. The monoisotopic (exact) mass is 656 g/mol. The van der Waals surface area contributed by atoms with E-state index in [1.54, 1.807) is 0 Å². The second-order valence-corrected chi connectivity index (χ2v) is 12.5. The summed E-state index contributed by atoms with van der Waals surface area (Å²) in [6.45, 7) is 1.94. The number of benzene rings is 3. The van der Waals surface area contributed by atoms with Gasteiger partial charge in [0.15, 0.2) is 10.8 Å². The highest BCUT2D eigenvalue weighted by Gasteiger charge is 2.41. The number of aliphatic hydroxyl groups is 1. The molecule has 2 aliphatic heterocycles. The first-order chi connectivity index (χ1) is 22.7. The van der Waals surface area contributed by atoms with Gasteiger partial charge in [-0.15, -0.1) is 0 Å². The number of ether oxygens (including phenoxy) is 1. The number of nitrogens with zero attached hydrogens (tertiary/aromatic N) is 4. The van der Waals surface area contributed by atoms with E-state index in [0.29, 0.717) is 50.6 Å². The van der Waals surface area contributed by atoms with Crippen molar-refractivity contribution < 1.29 is 19.0 Å². The Bertz CT molecular complexity index is 1760. The number of hydrogen-bond donors (Lipinski definition) is 3. The molecule has 0 spiro atoms. The number of amides is 1. The molecule has 0 aliphatic carbocycles. The van der Waals surface area contributed by atoms with Crippen LogP contribution in [0.25, 0.3) is 0 Å². The van der Waals surface area contributed by atoms with Crippen molar-refractivity contribution in [3.05, 3.63) is 113 Å². The van der Waals surface area contributed by atoms with Gasteiger partial charge in [0, 0.05) is 43.7 Å². The Morgan fingerprint density at radius 3 is 2.34 bits per heavy atom. The summed E-state index contributed by atoms with van der Waals surface area (Å²) in [5, 5.41) is 15.4. The fourth-order valence-corrected chi connectivity index (χ4v) is 6.63. The molecule has 2 aliphatic rings. The average molecular weight is 657 g/mol. The van der Waals surface area contributed by atoms with Crippen LogP contribution >= 0.6 is 12.2 Å². The Labute approximate surface area is 277 Å². The van der Waals surface area contributed by atoms with E-state index in [1.165, 1.54) is 35.2 Å². The van der Waals surface area contributed by atoms with Crippen molar-refractivity contribution in [1.82, 2.24) is 19.4 Å². The van der Waals surface area contributed by atoms with Crippen molar-refractivity contribution in [3.8, 4) is 11.6 Å². The number of nitrogens with one attached hydrogen (secondary N) is 1. The maximum Gasteiger partial charge on any atom is 0.280 e. The molecule has 1 amide bonds. The summed E-state index contributed by atoms with van der Waals surface area (Å²) in [5.74, 6) is -0.469. The zero-order valence-electron chi connectivity index (χ0n) is 25.8. The number of thiocarbonyl (C=S) groups is 1. The van der Waals surface area contributed by atoms with Crippen molar-refractivity contribution in [1.29, 1.82) is 0 Å². The van der Waals surface area contributed by atoms with Gasteiger partial charge in [0.05, 0.1) is 12.1 Å². The molecule has 2 fully saturated rings. The molecule has 2 atom stereocenters. The van der Waals surface area contributed by atoms with Crippen LogP contribution < -0.4 is 21.3 Å². The van der Waals surface area contributed by atoms with E-state index in [9.17, 15) is 19.1 Å². The van der Waals surface area contributed by atoms with Gasteiger partial charge in [-0.2, -0.15) is 0 Å². The van der Waals surface area contributed by atoms with Crippen LogP contribution in [-0.4, -0.2) is 67.3 Å². The Balaban J connectivity index is 1.10. The van der Waals surface area contributed by atoms with Crippen molar-refractivity contribution in [2.24, 2.45) is 5.92 Å². The molecule has 4 N–H and O–H groups in total. The number of anilines is 2. The van der Waals surface area contributed by atoms with Crippen LogP contribution in [0.15, 0.2) is 96.1 Å². The molecule has 2 saturated heterocycles. The zero-order valence-corrected chi connectivity index (χ0v) is 26.6. The molecule has 0 bridgehead atoms. The SMILES string of the molecule is Nc1c(Oc2ccc(F)cc2)ncn(CC2(O)CCN(C(=O)[C@@H]3CCN(C(=S)Nc4ccccc4)C[C@H]3c3ccccc3)CC2)c1=O. The number of carbonyl (C=O) groups excluding carboxylic acids is 1. The first-order valence-electron chi connectivity index (χ1n) is 15.6. The van der Waals surface area contributed by atoms with Crippen LogP contribution in [0.1, 0.15) is 30.7 Å². The molecule has 12 heteroatoms. The van der Waals surface area contributed by atoms with Crippen LogP contribution in [0.2, 0.25) is 0 Å². The van der Waals surface area contributed by atoms with Crippen molar-refractivity contribution in [2.75, 3.05) is 37.2 Å². The third kappa shape index (κ3) is 7.44. The number of hydrogen-bond acceptors (Lipinski definition) is 7. The number of nitrogens with two attached hydrogens (primary N) is 1. The van der Waals surface area contributed by atoms with Gasteiger partial charge in [-0.25, -0.2) is 9.37 Å². The lowest BCUT2D eigenvalue weighted by molar-refractivity contribution is -0.142.